The van der Waals surface area contributed by atoms with Gasteiger partial charge in [-0.1, -0.05) is 24.3 Å². The zero-order chi connectivity index (χ0) is 30.0. The number of amides is 1. The Morgan fingerprint density at radius 3 is 2.04 bits per heavy atom. The van der Waals surface area contributed by atoms with Crippen molar-refractivity contribution in [3.05, 3.63) is 77.5 Å². The molecule has 0 fully saturated rings. The van der Waals surface area contributed by atoms with Gasteiger partial charge in [-0.15, -0.1) is 62.0 Å². The van der Waals surface area contributed by atoms with Gasteiger partial charge in [0, 0.05) is 36.3 Å². The van der Waals surface area contributed by atoms with Gasteiger partial charge in [0.1, 0.15) is 26.2 Å². The third-order valence-corrected chi connectivity index (χ3v) is 7.54. The molecule has 2 atom stereocenters. The van der Waals surface area contributed by atoms with Crippen LogP contribution in [0.1, 0.15) is 29.5 Å². The lowest BCUT2D eigenvalue weighted by molar-refractivity contribution is -0.918. The lowest BCUT2D eigenvalue weighted by Gasteiger charge is -2.32. The summed E-state index contributed by atoms with van der Waals surface area (Å²) in [5.41, 5.74) is 13.4. The summed E-state index contributed by atoms with van der Waals surface area (Å²) in [7, 11) is 2.16. The van der Waals surface area contributed by atoms with Gasteiger partial charge in [-0.25, -0.2) is 4.98 Å². The van der Waals surface area contributed by atoms with E-state index in [1.54, 1.807) is 6.20 Å². The lowest BCUT2D eigenvalue weighted by Crippen LogP contribution is -2.69. The van der Waals surface area contributed by atoms with Crippen molar-refractivity contribution in [2.45, 2.75) is 43.9 Å². The van der Waals surface area contributed by atoms with Crippen molar-refractivity contribution < 1.29 is 49.4 Å². The monoisotopic (exact) mass is 757 g/mol. The number of para-hydroxylation sites is 1. The summed E-state index contributed by atoms with van der Waals surface area (Å²) >= 11 is 0. The van der Waals surface area contributed by atoms with Gasteiger partial charge in [0.2, 0.25) is 5.52 Å². The van der Waals surface area contributed by atoms with Crippen LogP contribution in [-0.4, -0.2) is 68.0 Å². The van der Waals surface area contributed by atoms with Crippen molar-refractivity contribution in [3.8, 4) is 0 Å². The van der Waals surface area contributed by atoms with E-state index in [9.17, 15) is 22.8 Å². The van der Waals surface area contributed by atoms with E-state index in [4.69, 9.17) is 0 Å². The fourth-order valence-corrected chi connectivity index (χ4v) is 5.14. The first-order valence-electron chi connectivity index (χ1n) is 14.1. The summed E-state index contributed by atoms with van der Waals surface area (Å²) in [6.07, 6.45) is -1.23. The minimum absolute atomic E-state index is 0. The summed E-state index contributed by atoms with van der Waals surface area (Å²) < 4.78 is 40.0. The predicted octanol–water partition coefficient (Wildman–Crippen LogP) is 1.94. The zero-order valence-corrected chi connectivity index (χ0v) is 29.9. The van der Waals surface area contributed by atoms with E-state index >= 15 is 0 Å². The normalized spacial score (nSPS) is 12.2. The number of nitrogens with zero attached hydrogens (tertiary/aromatic N) is 1. The van der Waals surface area contributed by atoms with E-state index in [0.29, 0.717) is 12.0 Å². The summed E-state index contributed by atoms with van der Waals surface area (Å²) in [6.45, 7) is 4.36. The largest absolute Gasteiger partial charge is 0.416 e. The molecule has 0 spiro atoms. The van der Waals surface area contributed by atoms with Gasteiger partial charge >= 0.3 is 6.18 Å². The smallest absolute Gasteiger partial charge is 0.353 e. The van der Waals surface area contributed by atoms with Crippen LogP contribution in [0, 0.1) is 0 Å². The van der Waals surface area contributed by atoms with Crippen LogP contribution in [0.4, 0.5) is 13.2 Å². The molecule has 0 bridgehead atoms. The highest BCUT2D eigenvalue weighted by molar-refractivity contribution is 5.92. The molecule has 0 aliphatic rings. The van der Waals surface area contributed by atoms with Gasteiger partial charge in [-0.2, -0.15) is 13.2 Å². The Labute approximate surface area is 299 Å². The minimum atomic E-state index is -4.45. The number of aromatic nitrogens is 1. The number of rotatable bonds is 15. The fraction of sp³-hybridized carbons (Fsp3) is 0.433. The van der Waals surface area contributed by atoms with E-state index in [2.05, 4.69) is 34.5 Å². The highest BCUT2D eigenvalue weighted by Gasteiger charge is 2.31. The number of carbonyl (C=O) groups is 2. The number of pyridine rings is 1. The van der Waals surface area contributed by atoms with Gasteiger partial charge < -0.3 is 27.0 Å². The molecule has 1 aromatic heterocycles. The van der Waals surface area contributed by atoms with Crippen molar-refractivity contribution in [1.82, 2.24) is 5.32 Å². The standard InChI is InChI=1S/C30H39F3N6O2.5ClH/c1-39(15-12-34,16-13-35)14-4-6-25(36)29(41)38-27(18-21-8-10-24(11-9-21)30(31,32)33)28(40)19-22-17-23-5-2-3-7-26(23)37-20-22;;;;;/h2-3,5,7-11,17,20,25,27H,4,6,12-16,18-19,34-36H2,1H3;5*1H/p+5/t25-,27+;;;;;/m0...../s1. The topological polar surface area (TPSA) is 143 Å². The number of likely N-dealkylation sites (N-methyl/N-ethyl adjacent to an activating group) is 1. The van der Waals surface area contributed by atoms with Gasteiger partial charge in [-0.05, 0) is 36.2 Å². The number of alkyl halides is 3. The molecule has 0 unspecified atom stereocenters. The molecule has 2 aromatic carbocycles. The van der Waals surface area contributed by atoms with Crippen molar-refractivity contribution >= 4 is 84.6 Å². The van der Waals surface area contributed by atoms with Crippen molar-refractivity contribution in [2.75, 3.05) is 39.8 Å². The second kappa shape index (κ2) is 22.6. The Kier molecular flexibility index (Phi) is 23.8. The number of hydrogen-bond donors (Lipinski definition) is 4. The van der Waals surface area contributed by atoms with Crippen molar-refractivity contribution in [1.29, 1.82) is 0 Å². The number of hydrogen-bond acceptors (Lipinski definition) is 2. The van der Waals surface area contributed by atoms with Gasteiger partial charge in [0.15, 0.2) is 18.0 Å². The molecule has 0 aliphatic heterocycles. The number of ketones is 1. The van der Waals surface area contributed by atoms with Gasteiger partial charge in [0.25, 0.3) is 5.91 Å². The molecule has 1 amide bonds. The number of carbonyl (C=O) groups excluding carboxylic acids is 2. The maximum Gasteiger partial charge on any atom is 0.416 e. The van der Waals surface area contributed by atoms with Crippen molar-refractivity contribution in [3.63, 3.8) is 0 Å². The molecule has 0 aliphatic carbocycles. The van der Waals surface area contributed by atoms with Crippen LogP contribution in [0.15, 0.2) is 60.8 Å². The lowest BCUT2D eigenvalue weighted by atomic mass is 9.96. The van der Waals surface area contributed by atoms with Crippen LogP contribution in [0.2, 0.25) is 0 Å². The molecule has 11 N–H and O–H groups in total. The molecular formula is C30H49Cl5F3N6O2+5. The summed E-state index contributed by atoms with van der Waals surface area (Å²) in [5.74, 6) is -0.576. The quantitative estimate of drug-likeness (QED) is 0.176. The van der Waals surface area contributed by atoms with Crippen molar-refractivity contribution in [2.24, 2.45) is 0 Å². The SMILES string of the molecule is C[N+](CC[NH3+])(CC[NH3+])CCC[C@H]([NH3+])C(=O)N[C@H](Cc1ccc(C(F)(F)F)cc1)C(=O)Cc1c[nH+]c2ccccc2c1.Cl.Cl.Cl.Cl.Cl. The first-order chi connectivity index (χ1) is 19.4. The Balaban J connectivity index is -0.00000370. The van der Waals surface area contributed by atoms with Crippen LogP contribution >= 0.6 is 62.0 Å². The minimum Gasteiger partial charge on any atom is -0.353 e. The average Bonchev–Trinajstić information content (AvgIpc) is 2.92. The third kappa shape index (κ3) is 14.9. The number of benzene rings is 2. The second-order valence-corrected chi connectivity index (χ2v) is 11.0. The van der Waals surface area contributed by atoms with E-state index < -0.39 is 23.8 Å². The van der Waals surface area contributed by atoms with Crippen LogP contribution in [-0.2, 0) is 28.6 Å². The molecule has 1 heterocycles. The molecular weight excluding hydrogens is 711 g/mol. The summed E-state index contributed by atoms with van der Waals surface area (Å²) in [4.78, 5) is 29.8. The summed E-state index contributed by atoms with van der Waals surface area (Å²) in [6, 6.07) is 12.8. The zero-order valence-electron chi connectivity index (χ0n) is 25.9. The summed E-state index contributed by atoms with van der Waals surface area (Å²) in [5, 5.41) is 3.80. The molecule has 0 saturated carbocycles. The molecule has 3 aromatic rings. The molecule has 262 valence electrons. The maximum atomic E-state index is 13.5. The van der Waals surface area contributed by atoms with E-state index in [1.165, 1.54) is 12.1 Å². The number of Topliss-reactive ketones (excluding diaryl/α,β-unsaturated/α-hetero) is 1. The number of H-pyrrole nitrogens is 1. The first-order valence-corrected chi connectivity index (χ1v) is 14.1. The van der Waals surface area contributed by atoms with Crippen LogP contribution in [0.5, 0.6) is 0 Å². The molecule has 8 nitrogen and oxygen atoms in total. The van der Waals surface area contributed by atoms with Crippen LogP contribution in [0.3, 0.4) is 0 Å². The Morgan fingerprint density at radius 1 is 0.891 bits per heavy atom. The molecule has 3 rings (SSSR count). The Morgan fingerprint density at radius 2 is 1.48 bits per heavy atom. The first kappa shape index (κ1) is 48.5. The fourth-order valence-electron chi connectivity index (χ4n) is 5.14. The number of nitrogens with one attached hydrogen (secondary N) is 2. The number of halogens is 8. The maximum absolute atomic E-state index is 13.5. The molecule has 46 heavy (non-hydrogen) atoms. The highest BCUT2D eigenvalue weighted by Crippen LogP contribution is 2.29. The Bertz CT molecular complexity index is 1320. The van der Waals surface area contributed by atoms with E-state index in [1.807, 2.05) is 30.3 Å². The number of aromatic amines is 1. The highest BCUT2D eigenvalue weighted by atomic mass is 35.5. The third-order valence-electron chi connectivity index (χ3n) is 7.54. The second-order valence-electron chi connectivity index (χ2n) is 11.0. The van der Waals surface area contributed by atoms with E-state index in [-0.39, 0.29) is 86.6 Å². The molecule has 0 saturated heterocycles. The van der Waals surface area contributed by atoms with Gasteiger partial charge in [0.05, 0.1) is 25.2 Å². The van der Waals surface area contributed by atoms with Gasteiger partial charge in [-0.3, -0.25) is 9.59 Å². The average molecular weight is 760 g/mol. The molecule has 16 heteroatoms. The predicted molar refractivity (Wildman–Crippen MR) is 185 cm³/mol. The van der Waals surface area contributed by atoms with E-state index in [0.717, 1.165) is 72.2 Å². The van der Waals surface area contributed by atoms with Crippen LogP contribution in [0.25, 0.3) is 10.9 Å². The number of fused-ring (bicyclic) bond motifs is 1. The molecule has 0 radical (unpaired) electrons. The van der Waals surface area contributed by atoms with Crippen LogP contribution < -0.4 is 27.5 Å². The Hall–Kier alpha value is -1.93. The number of quaternary nitrogens is 4.